The molecule has 2 aromatic carbocycles. The lowest BCUT2D eigenvalue weighted by molar-refractivity contribution is -0.136. The number of hydrogen-bond donors (Lipinski definition) is 0. The molecule has 0 saturated carbocycles. The number of carbonyl (C=O) groups is 1. The van der Waals surface area contributed by atoms with Crippen LogP contribution in [0.2, 0.25) is 0 Å². The summed E-state index contributed by atoms with van der Waals surface area (Å²) in [7, 11) is -2.64. The molecule has 0 N–H and O–H groups in total. The van der Waals surface area contributed by atoms with Crippen LogP contribution in [-0.2, 0) is 14.6 Å². The number of esters is 1. The van der Waals surface area contributed by atoms with Crippen LogP contribution in [0.15, 0.2) is 51.8 Å². The van der Waals surface area contributed by atoms with Gasteiger partial charge in [0, 0.05) is 10.5 Å². The molecule has 0 bridgehead atoms. The van der Waals surface area contributed by atoms with Crippen LogP contribution in [0.5, 0.6) is 11.5 Å². The van der Waals surface area contributed by atoms with Crippen molar-refractivity contribution in [2.24, 2.45) is 0 Å². The zero-order valence-corrected chi connectivity index (χ0v) is 16.7. The fourth-order valence-corrected chi connectivity index (χ4v) is 3.67. The summed E-state index contributed by atoms with van der Waals surface area (Å²) in [5, 5.41) is 8.92. The highest BCUT2D eigenvalue weighted by Crippen LogP contribution is 2.32. The maximum Gasteiger partial charge on any atom is 0.332 e. The number of sulfone groups is 1. The quantitative estimate of drug-likeness (QED) is 0.524. The number of carbonyl (C=O) groups excluding carboxylic acids is 1. The standard InChI is InChI=1S/C18H16BrNO5S/c1-18(2,26(22,23)14-7-5-13(19)6-8-14)17(21)25-15-9-4-12(11-20)10-16(15)24-3/h4-10H,1-3H3. The van der Waals surface area contributed by atoms with Crippen molar-refractivity contribution in [2.75, 3.05) is 7.11 Å². The van der Waals surface area contributed by atoms with Crippen LogP contribution in [0.25, 0.3) is 0 Å². The van der Waals surface area contributed by atoms with E-state index < -0.39 is 20.6 Å². The van der Waals surface area contributed by atoms with Crippen LogP contribution in [0.1, 0.15) is 19.4 Å². The molecule has 0 radical (unpaired) electrons. The third-order valence-corrected chi connectivity index (χ3v) is 6.71. The summed E-state index contributed by atoms with van der Waals surface area (Å²) in [6.45, 7) is 2.56. The molecule has 0 amide bonds. The minimum absolute atomic E-state index is 0.00874. The van der Waals surface area contributed by atoms with E-state index in [9.17, 15) is 13.2 Å². The highest BCUT2D eigenvalue weighted by atomic mass is 79.9. The first-order valence-electron chi connectivity index (χ1n) is 7.44. The summed E-state index contributed by atoms with van der Waals surface area (Å²) in [4.78, 5) is 12.6. The first-order valence-corrected chi connectivity index (χ1v) is 9.71. The minimum Gasteiger partial charge on any atom is -0.493 e. The van der Waals surface area contributed by atoms with Crippen molar-refractivity contribution in [3.63, 3.8) is 0 Å². The molecule has 2 rings (SSSR count). The summed E-state index contributed by atoms with van der Waals surface area (Å²) in [6.07, 6.45) is 0. The molecule has 2 aromatic rings. The van der Waals surface area contributed by atoms with E-state index in [4.69, 9.17) is 14.7 Å². The zero-order chi connectivity index (χ0) is 19.5. The Morgan fingerprint density at radius 3 is 2.27 bits per heavy atom. The van der Waals surface area contributed by atoms with Crippen molar-refractivity contribution >= 4 is 31.7 Å². The van der Waals surface area contributed by atoms with Gasteiger partial charge >= 0.3 is 5.97 Å². The smallest absolute Gasteiger partial charge is 0.332 e. The second-order valence-electron chi connectivity index (χ2n) is 5.83. The molecule has 26 heavy (non-hydrogen) atoms. The Kier molecular flexibility index (Phi) is 5.74. The largest absolute Gasteiger partial charge is 0.493 e. The van der Waals surface area contributed by atoms with E-state index in [2.05, 4.69) is 15.9 Å². The molecule has 0 heterocycles. The fourth-order valence-electron chi connectivity index (χ4n) is 2.06. The van der Waals surface area contributed by atoms with Crippen molar-refractivity contribution in [1.29, 1.82) is 5.26 Å². The van der Waals surface area contributed by atoms with Gasteiger partial charge < -0.3 is 9.47 Å². The van der Waals surface area contributed by atoms with Gasteiger partial charge in [-0.3, -0.25) is 0 Å². The molecule has 0 aliphatic carbocycles. The van der Waals surface area contributed by atoms with E-state index >= 15 is 0 Å². The summed E-state index contributed by atoms with van der Waals surface area (Å²) < 4.78 is 35.0. The summed E-state index contributed by atoms with van der Waals surface area (Å²) in [5.74, 6) is -0.756. The fraction of sp³-hybridized carbons (Fsp3) is 0.222. The van der Waals surface area contributed by atoms with Crippen molar-refractivity contribution < 1.29 is 22.7 Å². The van der Waals surface area contributed by atoms with E-state index in [0.717, 1.165) is 4.47 Å². The predicted octanol–water partition coefficient (Wildman–Crippen LogP) is 3.49. The maximum atomic E-state index is 12.9. The van der Waals surface area contributed by atoms with E-state index in [1.165, 1.54) is 51.3 Å². The predicted molar refractivity (Wildman–Crippen MR) is 98.8 cm³/mol. The monoisotopic (exact) mass is 437 g/mol. The Labute approximate surface area is 160 Å². The average molecular weight is 438 g/mol. The number of methoxy groups -OCH3 is 1. The number of hydrogen-bond acceptors (Lipinski definition) is 6. The molecular weight excluding hydrogens is 422 g/mol. The Hall–Kier alpha value is -2.37. The second kappa shape index (κ2) is 7.48. The van der Waals surface area contributed by atoms with Gasteiger partial charge in [-0.05, 0) is 50.2 Å². The summed E-state index contributed by atoms with van der Waals surface area (Å²) in [5.41, 5.74) is 0.323. The first kappa shape index (κ1) is 19.9. The first-order chi connectivity index (χ1) is 12.1. The van der Waals surface area contributed by atoms with Crippen LogP contribution in [0.4, 0.5) is 0 Å². The Bertz CT molecular complexity index is 976. The van der Waals surface area contributed by atoms with Gasteiger partial charge in [-0.15, -0.1) is 0 Å². The van der Waals surface area contributed by atoms with Crippen molar-refractivity contribution in [1.82, 2.24) is 0 Å². The minimum atomic E-state index is -4.00. The van der Waals surface area contributed by atoms with Crippen LogP contribution < -0.4 is 9.47 Å². The molecule has 0 aromatic heterocycles. The number of nitrogens with zero attached hydrogens (tertiary/aromatic N) is 1. The third kappa shape index (κ3) is 3.74. The van der Waals surface area contributed by atoms with Gasteiger partial charge in [-0.1, -0.05) is 15.9 Å². The van der Waals surface area contributed by atoms with E-state index in [1.54, 1.807) is 12.1 Å². The SMILES string of the molecule is COc1cc(C#N)ccc1OC(=O)C(C)(C)S(=O)(=O)c1ccc(Br)cc1. The van der Waals surface area contributed by atoms with Gasteiger partial charge in [0.25, 0.3) is 0 Å². The molecule has 0 atom stereocenters. The molecule has 6 nitrogen and oxygen atoms in total. The Morgan fingerprint density at radius 2 is 1.73 bits per heavy atom. The number of nitriles is 1. The number of rotatable bonds is 5. The molecule has 0 aliphatic rings. The third-order valence-electron chi connectivity index (χ3n) is 3.78. The maximum absolute atomic E-state index is 12.9. The Balaban J connectivity index is 2.36. The molecule has 8 heteroatoms. The zero-order valence-electron chi connectivity index (χ0n) is 14.3. The number of ether oxygens (including phenoxy) is 2. The average Bonchev–Trinajstić information content (AvgIpc) is 2.62. The highest BCUT2D eigenvalue weighted by molar-refractivity contribution is 9.10. The summed E-state index contributed by atoms with van der Waals surface area (Å²) in [6, 6.07) is 12.2. The van der Waals surface area contributed by atoms with E-state index in [0.29, 0.717) is 5.56 Å². The molecule has 0 spiro atoms. The van der Waals surface area contributed by atoms with Crippen LogP contribution in [-0.4, -0.2) is 26.2 Å². The lowest BCUT2D eigenvalue weighted by Gasteiger charge is -2.23. The number of benzene rings is 2. The van der Waals surface area contributed by atoms with Crippen LogP contribution in [0.3, 0.4) is 0 Å². The van der Waals surface area contributed by atoms with Crippen LogP contribution >= 0.6 is 15.9 Å². The van der Waals surface area contributed by atoms with Gasteiger partial charge in [0.05, 0.1) is 23.6 Å². The normalized spacial score (nSPS) is 11.5. The topological polar surface area (TPSA) is 93.5 Å². The molecule has 0 fully saturated rings. The lowest BCUT2D eigenvalue weighted by Crippen LogP contribution is -2.43. The van der Waals surface area contributed by atoms with Gasteiger partial charge in [0.1, 0.15) is 0 Å². The van der Waals surface area contributed by atoms with Crippen molar-refractivity contribution in [3.05, 3.63) is 52.5 Å². The molecular formula is C18H16BrNO5S. The highest BCUT2D eigenvalue weighted by Gasteiger charge is 2.44. The van der Waals surface area contributed by atoms with E-state index in [-0.39, 0.29) is 16.4 Å². The molecule has 0 unspecified atom stereocenters. The van der Waals surface area contributed by atoms with Crippen LogP contribution in [0, 0.1) is 11.3 Å². The van der Waals surface area contributed by atoms with E-state index in [1.807, 2.05) is 6.07 Å². The van der Waals surface area contributed by atoms with Gasteiger partial charge in [-0.25, -0.2) is 13.2 Å². The van der Waals surface area contributed by atoms with Gasteiger partial charge in [0.15, 0.2) is 26.1 Å². The van der Waals surface area contributed by atoms with Crippen molar-refractivity contribution in [3.8, 4) is 17.6 Å². The molecule has 0 saturated heterocycles. The Morgan fingerprint density at radius 1 is 1.12 bits per heavy atom. The van der Waals surface area contributed by atoms with Gasteiger partial charge in [0.2, 0.25) is 0 Å². The van der Waals surface area contributed by atoms with Gasteiger partial charge in [-0.2, -0.15) is 5.26 Å². The molecule has 136 valence electrons. The number of halogens is 1. The van der Waals surface area contributed by atoms with Crippen molar-refractivity contribution in [2.45, 2.75) is 23.5 Å². The second-order valence-corrected chi connectivity index (χ2v) is 9.25. The molecule has 0 aliphatic heterocycles. The summed E-state index contributed by atoms with van der Waals surface area (Å²) >= 11 is 3.24. The lowest BCUT2D eigenvalue weighted by atomic mass is 10.2.